The van der Waals surface area contributed by atoms with Gasteiger partial charge in [-0.3, -0.25) is 4.90 Å². The molecular weight excluding hydrogens is 486 g/mol. The number of aromatic hydroxyl groups is 1. The Kier molecular flexibility index (Phi) is 6.24. The lowest BCUT2D eigenvalue weighted by atomic mass is 10.0. The van der Waals surface area contributed by atoms with E-state index >= 15 is 0 Å². The second-order valence-corrected chi connectivity index (χ2v) is 11.6. The van der Waals surface area contributed by atoms with E-state index < -0.39 is 0 Å². The number of nitrogen functional groups attached to an aromatic ring is 1. The lowest BCUT2D eigenvalue weighted by Crippen LogP contribution is -2.54. The van der Waals surface area contributed by atoms with Crippen LogP contribution in [-0.4, -0.2) is 70.0 Å². The van der Waals surface area contributed by atoms with Gasteiger partial charge in [0.2, 0.25) is 0 Å². The van der Waals surface area contributed by atoms with Crippen LogP contribution in [0.3, 0.4) is 0 Å². The summed E-state index contributed by atoms with van der Waals surface area (Å²) in [6, 6.07) is 14.2. The van der Waals surface area contributed by atoms with E-state index in [9.17, 15) is 5.11 Å². The average molecular weight is 522 g/mol. The Hall–Kier alpha value is -3.83. The number of hydrogen-bond donors (Lipinski definition) is 2. The van der Waals surface area contributed by atoms with Gasteiger partial charge in [-0.2, -0.15) is 0 Å². The van der Waals surface area contributed by atoms with Crippen LogP contribution in [0.25, 0.3) is 11.3 Å². The van der Waals surface area contributed by atoms with Crippen LogP contribution in [0.15, 0.2) is 48.7 Å². The largest absolute Gasteiger partial charge is 0.507 e. The molecule has 2 bridgehead atoms. The summed E-state index contributed by atoms with van der Waals surface area (Å²) in [7, 11) is 0. The molecule has 1 aliphatic carbocycles. The molecule has 1 aromatic carbocycles. The Balaban J connectivity index is 1.06. The fourth-order valence-corrected chi connectivity index (χ4v) is 7.34. The Bertz CT molecular complexity index is 1410. The average Bonchev–Trinajstić information content (AvgIpc) is 3.61. The van der Waals surface area contributed by atoms with Crippen molar-refractivity contribution in [2.75, 3.05) is 48.3 Å². The zero-order valence-electron chi connectivity index (χ0n) is 22.2. The fraction of sp³-hybridized carbons (Fsp3) is 0.452. The number of rotatable bonds is 4. The molecule has 0 radical (unpaired) electrons. The molecule has 5 heterocycles. The van der Waals surface area contributed by atoms with Crippen molar-refractivity contribution in [3.63, 3.8) is 0 Å². The molecule has 3 aliphatic heterocycles. The third kappa shape index (κ3) is 4.65. The Labute approximate surface area is 229 Å². The molecule has 39 heavy (non-hydrogen) atoms. The number of hydrogen-bond acceptors (Lipinski definition) is 8. The number of para-hydroxylation sites is 1. The van der Waals surface area contributed by atoms with Crippen molar-refractivity contribution in [1.29, 1.82) is 0 Å². The number of phenols is 1. The number of anilines is 3. The van der Waals surface area contributed by atoms with E-state index in [2.05, 4.69) is 53.9 Å². The van der Waals surface area contributed by atoms with Gasteiger partial charge in [0.15, 0.2) is 5.82 Å². The minimum Gasteiger partial charge on any atom is -0.507 e. The first kappa shape index (κ1) is 24.2. The second-order valence-electron chi connectivity index (χ2n) is 11.6. The highest BCUT2D eigenvalue weighted by atomic mass is 16.3. The van der Waals surface area contributed by atoms with Crippen molar-refractivity contribution in [3.05, 3.63) is 54.4 Å². The highest BCUT2D eigenvalue weighted by Crippen LogP contribution is 2.39. The molecule has 7 rings (SSSR count). The molecule has 200 valence electrons. The normalized spacial score (nSPS) is 25.9. The van der Waals surface area contributed by atoms with Crippen LogP contribution >= 0.6 is 0 Å². The van der Waals surface area contributed by atoms with E-state index in [1.807, 2.05) is 24.4 Å². The predicted molar refractivity (Wildman–Crippen MR) is 153 cm³/mol. The molecule has 3 saturated heterocycles. The van der Waals surface area contributed by atoms with Gasteiger partial charge >= 0.3 is 0 Å². The smallest absolute Gasteiger partial charge is 0.169 e. The highest BCUT2D eigenvalue weighted by molar-refractivity contribution is 5.74. The zero-order valence-corrected chi connectivity index (χ0v) is 22.2. The van der Waals surface area contributed by atoms with Crippen molar-refractivity contribution in [1.82, 2.24) is 20.1 Å². The summed E-state index contributed by atoms with van der Waals surface area (Å²) in [5, 5.41) is 18.8. The van der Waals surface area contributed by atoms with Crippen LogP contribution in [0.4, 0.5) is 17.2 Å². The monoisotopic (exact) mass is 521 g/mol. The van der Waals surface area contributed by atoms with Crippen LogP contribution in [0.2, 0.25) is 0 Å². The van der Waals surface area contributed by atoms with Crippen LogP contribution in [-0.2, 0) is 0 Å². The number of likely N-dealkylation sites (tertiary alicyclic amines) is 1. The molecule has 0 spiro atoms. The quantitative estimate of drug-likeness (QED) is 0.501. The molecule has 4 fully saturated rings. The topological polar surface area (TPSA) is 94.6 Å². The second kappa shape index (κ2) is 10.0. The number of pyridine rings is 1. The number of aromatic nitrogens is 3. The first-order valence-electron chi connectivity index (χ1n) is 14.2. The van der Waals surface area contributed by atoms with Gasteiger partial charge in [0.1, 0.15) is 11.4 Å². The van der Waals surface area contributed by atoms with E-state index in [0.717, 1.165) is 55.7 Å². The van der Waals surface area contributed by atoms with Crippen LogP contribution in [0.5, 0.6) is 5.75 Å². The molecular formula is C31H35N7O. The van der Waals surface area contributed by atoms with E-state index in [1.165, 1.54) is 38.0 Å². The van der Waals surface area contributed by atoms with E-state index in [-0.39, 0.29) is 5.75 Å². The molecule has 1 saturated carbocycles. The molecule has 3 aromatic rings. The molecule has 8 heteroatoms. The SMILES string of the molecule is Nc1nnc(-c2ccccc2O)cc1N1CC2CCC(C1)N2c1ccnc(C#CCN2CC3CCCC3C2)c1. The predicted octanol–water partition coefficient (Wildman–Crippen LogP) is 3.77. The third-order valence-electron chi connectivity index (χ3n) is 9.17. The summed E-state index contributed by atoms with van der Waals surface area (Å²) in [6.45, 7) is 4.98. The summed E-state index contributed by atoms with van der Waals surface area (Å²) < 4.78 is 0. The summed E-state index contributed by atoms with van der Waals surface area (Å²) in [4.78, 5) is 12.0. The molecule has 0 amide bonds. The number of fused-ring (bicyclic) bond motifs is 3. The molecule has 8 nitrogen and oxygen atoms in total. The maximum absolute atomic E-state index is 10.3. The molecule has 2 aromatic heterocycles. The van der Waals surface area contributed by atoms with Crippen LogP contribution in [0.1, 0.15) is 37.8 Å². The number of piperazine rings is 1. The van der Waals surface area contributed by atoms with E-state index in [4.69, 9.17) is 5.73 Å². The standard InChI is InChI=1S/C31H35N7O/c32-31-29(16-28(34-35-31)27-8-1-2-9-30(27)39)37-19-25-10-11-26(20-37)38(25)24-12-13-33-23(15-24)7-4-14-36-17-21-5-3-6-22(21)18-36/h1-2,8-9,12-13,15-16,21-22,25-26,39H,3,5-6,10-11,14,17-20H2,(H2,32,35). The van der Waals surface area contributed by atoms with Gasteiger partial charge in [-0.05, 0) is 73.8 Å². The van der Waals surface area contributed by atoms with Gasteiger partial charge < -0.3 is 20.6 Å². The Morgan fingerprint density at radius 2 is 1.69 bits per heavy atom. The molecule has 4 unspecified atom stereocenters. The number of phenolic OH excluding ortho intramolecular Hbond substituents is 1. The van der Waals surface area contributed by atoms with Crippen molar-refractivity contribution in [2.45, 2.75) is 44.2 Å². The Morgan fingerprint density at radius 1 is 0.923 bits per heavy atom. The Morgan fingerprint density at radius 3 is 2.46 bits per heavy atom. The first-order valence-corrected chi connectivity index (χ1v) is 14.2. The maximum Gasteiger partial charge on any atom is 0.169 e. The lowest BCUT2D eigenvalue weighted by molar-refractivity contribution is 0.349. The van der Waals surface area contributed by atoms with Gasteiger partial charge in [0.05, 0.1) is 17.9 Å². The number of nitrogens with two attached hydrogens (primary N) is 1. The summed E-state index contributed by atoms with van der Waals surface area (Å²) in [6.07, 6.45) is 8.37. The minimum atomic E-state index is 0.187. The van der Waals surface area contributed by atoms with Crippen molar-refractivity contribution in [3.8, 4) is 28.8 Å². The highest BCUT2D eigenvalue weighted by Gasteiger charge is 2.41. The zero-order chi connectivity index (χ0) is 26.3. The lowest BCUT2D eigenvalue weighted by Gasteiger charge is -2.43. The summed E-state index contributed by atoms with van der Waals surface area (Å²) in [5.41, 5.74) is 10.5. The molecule has 4 atom stereocenters. The van der Waals surface area contributed by atoms with Gasteiger partial charge in [-0.1, -0.05) is 24.5 Å². The van der Waals surface area contributed by atoms with E-state index in [0.29, 0.717) is 29.2 Å². The fourth-order valence-electron chi connectivity index (χ4n) is 7.34. The molecule has 3 N–H and O–H groups in total. The third-order valence-corrected chi connectivity index (χ3v) is 9.17. The van der Waals surface area contributed by atoms with Crippen molar-refractivity contribution < 1.29 is 5.11 Å². The van der Waals surface area contributed by atoms with Gasteiger partial charge in [-0.25, -0.2) is 4.98 Å². The summed E-state index contributed by atoms with van der Waals surface area (Å²) in [5.74, 6) is 9.15. The maximum atomic E-state index is 10.3. The van der Waals surface area contributed by atoms with Gasteiger partial charge in [-0.15, -0.1) is 10.2 Å². The molecule has 4 aliphatic rings. The van der Waals surface area contributed by atoms with Crippen LogP contribution < -0.4 is 15.5 Å². The number of benzene rings is 1. The van der Waals surface area contributed by atoms with Crippen LogP contribution in [0, 0.1) is 23.7 Å². The number of nitrogens with zero attached hydrogens (tertiary/aromatic N) is 6. The minimum absolute atomic E-state index is 0.187. The van der Waals surface area contributed by atoms with E-state index in [1.54, 1.807) is 12.1 Å². The summed E-state index contributed by atoms with van der Waals surface area (Å²) >= 11 is 0. The van der Waals surface area contributed by atoms with Crippen molar-refractivity contribution in [2.24, 2.45) is 11.8 Å². The van der Waals surface area contributed by atoms with Crippen molar-refractivity contribution >= 4 is 17.2 Å². The van der Waals surface area contributed by atoms with Gasteiger partial charge in [0.25, 0.3) is 0 Å². The van der Waals surface area contributed by atoms with Gasteiger partial charge in [0, 0.05) is 55.7 Å². The first-order chi connectivity index (χ1) is 19.1.